The normalized spacial score (nSPS) is 25.0. The summed E-state index contributed by atoms with van der Waals surface area (Å²) in [6, 6.07) is 12.2. The van der Waals surface area contributed by atoms with Crippen LogP contribution in [0, 0.1) is 11.6 Å². The van der Waals surface area contributed by atoms with E-state index in [9.17, 15) is 18.4 Å². The Morgan fingerprint density at radius 2 is 1.50 bits per heavy atom. The number of hydrogen-bond donors (Lipinski definition) is 0. The molecule has 5 nitrogen and oxygen atoms in total. The molecule has 0 N–H and O–H groups in total. The highest BCUT2D eigenvalue weighted by Crippen LogP contribution is 2.44. The first kappa shape index (κ1) is 21.1. The Hall–Kier alpha value is -2.80. The highest BCUT2D eigenvalue weighted by Gasteiger charge is 2.51. The molecule has 1 atom stereocenters. The highest BCUT2D eigenvalue weighted by atomic mass is 19.1. The molecule has 0 aromatic heterocycles. The van der Waals surface area contributed by atoms with E-state index in [2.05, 4.69) is 0 Å². The van der Waals surface area contributed by atoms with Gasteiger partial charge in [0.2, 0.25) is 5.91 Å². The van der Waals surface area contributed by atoms with Crippen LogP contribution in [-0.2, 0) is 19.7 Å². The molecular weight excluding hydrogens is 414 g/mol. The predicted octanol–water partition coefficient (Wildman–Crippen LogP) is 3.81. The van der Waals surface area contributed by atoms with Crippen LogP contribution in [0.25, 0.3) is 0 Å². The van der Waals surface area contributed by atoms with Crippen molar-refractivity contribution in [2.45, 2.75) is 43.1 Å². The molecule has 168 valence electrons. The van der Waals surface area contributed by atoms with Crippen LogP contribution in [0.15, 0.2) is 48.5 Å². The lowest BCUT2D eigenvalue weighted by Crippen LogP contribution is -2.57. The number of nitrogens with zero attached hydrogens (tertiary/aromatic N) is 2. The summed E-state index contributed by atoms with van der Waals surface area (Å²) in [6.07, 6.45) is 4.06. The standard InChI is InChI=1S/C25H26F2N2O3/c26-19-5-3-18(4-6-19)25(11-1-2-12-25)23(31)28-14-13-24(16-28)17-29(22(30)15-32-24)21-9-7-20(27)8-10-21/h3-10H,1-2,11-17H2/t24-/m1/s1. The van der Waals surface area contributed by atoms with Crippen molar-refractivity contribution in [3.8, 4) is 0 Å². The second-order valence-electron chi connectivity index (χ2n) is 9.20. The van der Waals surface area contributed by atoms with Gasteiger partial charge in [0, 0.05) is 12.2 Å². The lowest BCUT2D eigenvalue weighted by atomic mass is 9.77. The molecule has 2 saturated heterocycles. The van der Waals surface area contributed by atoms with Crippen LogP contribution < -0.4 is 4.90 Å². The van der Waals surface area contributed by atoms with E-state index in [4.69, 9.17) is 4.74 Å². The van der Waals surface area contributed by atoms with Gasteiger partial charge in [0.05, 0.1) is 18.5 Å². The van der Waals surface area contributed by atoms with E-state index < -0.39 is 11.0 Å². The Morgan fingerprint density at radius 3 is 2.16 bits per heavy atom. The van der Waals surface area contributed by atoms with E-state index in [-0.39, 0.29) is 30.1 Å². The number of likely N-dealkylation sites (tertiary alicyclic amines) is 1. The predicted molar refractivity (Wildman–Crippen MR) is 115 cm³/mol. The second-order valence-corrected chi connectivity index (χ2v) is 9.20. The van der Waals surface area contributed by atoms with Crippen molar-refractivity contribution in [3.05, 3.63) is 65.7 Å². The molecule has 2 amide bonds. The zero-order valence-corrected chi connectivity index (χ0v) is 17.9. The second kappa shape index (κ2) is 7.96. The first-order valence-corrected chi connectivity index (χ1v) is 11.2. The Morgan fingerprint density at radius 1 is 0.875 bits per heavy atom. The average Bonchev–Trinajstić information content (AvgIpc) is 3.45. The minimum atomic E-state index is -0.638. The SMILES string of the molecule is O=C1CO[C@@]2(CCN(C(=O)C3(c4ccc(F)cc4)CCCC3)C2)CN1c1ccc(F)cc1. The van der Waals surface area contributed by atoms with Crippen molar-refractivity contribution in [1.82, 2.24) is 4.90 Å². The maximum absolute atomic E-state index is 13.8. The van der Waals surface area contributed by atoms with E-state index in [1.54, 1.807) is 29.2 Å². The third kappa shape index (κ3) is 3.58. The van der Waals surface area contributed by atoms with Crippen LogP contribution in [-0.4, -0.2) is 48.6 Å². The smallest absolute Gasteiger partial charge is 0.253 e. The van der Waals surface area contributed by atoms with Crippen LogP contribution in [0.4, 0.5) is 14.5 Å². The molecule has 2 aromatic rings. The van der Waals surface area contributed by atoms with Gasteiger partial charge in [-0.1, -0.05) is 25.0 Å². The maximum Gasteiger partial charge on any atom is 0.253 e. The van der Waals surface area contributed by atoms with Crippen molar-refractivity contribution < 1.29 is 23.1 Å². The Bertz CT molecular complexity index is 1020. The third-order valence-corrected chi connectivity index (χ3v) is 7.25. The summed E-state index contributed by atoms with van der Waals surface area (Å²) in [5.41, 5.74) is 0.235. The maximum atomic E-state index is 13.8. The highest BCUT2D eigenvalue weighted by molar-refractivity contribution is 5.95. The van der Waals surface area contributed by atoms with Crippen LogP contribution in [0.5, 0.6) is 0 Å². The van der Waals surface area contributed by atoms with E-state index >= 15 is 0 Å². The van der Waals surface area contributed by atoms with Crippen molar-refractivity contribution in [3.63, 3.8) is 0 Å². The summed E-state index contributed by atoms with van der Waals surface area (Å²) in [5.74, 6) is -0.780. The van der Waals surface area contributed by atoms with E-state index in [0.29, 0.717) is 31.7 Å². The summed E-state index contributed by atoms with van der Waals surface area (Å²) in [6.45, 7) is 1.21. The van der Waals surface area contributed by atoms with Crippen LogP contribution in [0.1, 0.15) is 37.7 Å². The van der Waals surface area contributed by atoms with Crippen LogP contribution in [0.2, 0.25) is 0 Å². The number of amides is 2. The fourth-order valence-corrected chi connectivity index (χ4v) is 5.51. The molecule has 1 saturated carbocycles. The van der Waals surface area contributed by atoms with Gasteiger partial charge < -0.3 is 14.5 Å². The van der Waals surface area contributed by atoms with Gasteiger partial charge in [-0.15, -0.1) is 0 Å². The molecule has 7 heteroatoms. The molecular formula is C25H26F2N2O3. The minimum Gasteiger partial charge on any atom is -0.361 e. The Balaban J connectivity index is 1.37. The zero-order chi connectivity index (χ0) is 22.3. The molecule has 5 rings (SSSR count). The molecule has 3 aliphatic rings. The zero-order valence-electron chi connectivity index (χ0n) is 17.9. The number of rotatable bonds is 3. The quantitative estimate of drug-likeness (QED) is 0.729. The van der Waals surface area contributed by atoms with Crippen molar-refractivity contribution in [2.24, 2.45) is 0 Å². The topological polar surface area (TPSA) is 49.9 Å². The molecule has 0 radical (unpaired) electrons. The molecule has 2 heterocycles. The van der Waals surface area contributed by atoms with Crippen molar-refractivity contribution >= 4 is 17.5 Å². The van der Waals surface area contributed by atoms with Crippen LogP contribution in [0.3, 0.4) is 0 Å². The molecule has 0 bridgehead atoms. The third-order valence-electron chi connectivity index (χ3n) is 7.25. The van der Waals surface area contributed by atoms with Gasteiger partial charge in [-0.25, -0.2) is 8.78 Å². The Kier molecular flexibility index (Phi) is 5.24. The summed E-state index contributed by atoms with van der Waals surface area (Å²) in [7, 11) is 0. The monoisotopic (exact) mass is 440 g/mol. The van der Waals surface area contributed by atoms with Gasteiger partial charge >= 0.3 is 0 Å². The van der Waals surface area contributed by atoms with Crippen molar-refractivity contribution in [2.75, 3.05) is 31.1 Å². The van der Waals surface area contributed by atoms with Gasteiger partial charge in [0.1, 0.15) is 23.8 Å². The van der Waals surface area contributed by atoms with Gasteiger partial charge in [-0.2, -0.15) is 0 Å². The number of carbonyl (C=O) groups excluding carboxylic acids is 2. The minimum absolute atomic E-state index is 0.0623. The molecule has 32 heavy (non-hydrogen) atoms. The summed E-state index contributed by atoms with van der Waals surface area (Å²) in [4.78, 5) is 29.8. The molecule has 3 fully saturated rings. The first-order chi connectivity index (χ1) is 15.4. The fraction of sp³-hybridized carbons (Fsp3) is 0.440. The number of anilines is 1. The number of benzene rings is 2. The largest absolute Gasteiger partial charge is 0.361 e. The number of halogens is 2. The lowest BCUT2D eigenvalue weighted by Gasteiger charge is -2.40. The average molecular weight is 440 g/mol. The molecule has 2 aliphatic heterocycles. The number of ether oxygens (including phenoxy) is 1. The number of hydrogen-bond acceptors (Lipinski definition) is 3. The van der Waals surface area contributed by atoms with Crippen molar-refractivity contribution in [1.29, 1.82) is 0 Å². The van der Waals surface area contributed by atoms with E-state index in [0.717, 1.165) is 31.2 Å². The first-order valence-electron chi connectivity index (χ1n) is 11.2. The summed E-state index contributed by atoms with van der Waals surface area (Å²) < 4.78 is 32.8. The molecule has 0 unspecified atom stereocenters. The van der Waals surface area contributed by atoms with Gasteiger partial charge in [0.25, 0.3) is 5.91 Å². The fourth-order valence-electron chi connectivity index (χ4n) is 5.51. The van der Waals surface area contributed by atoms with Crippen LogP contribution >= 0.6 is 0 Å². The van der Waals surface area contributed by atoms with Gasteiger partial charge in [-0.3, -0.25) is 9.59 Å². The van der Waals surface area contributed by atoms with Gasteiger partial charge in [0.15, 0.2) is 0 Å². The van der Waals surface area contributed by atoms with E-state index in [1.165, 1.54) is 24.3 Å². The number of morpholine rings is 1. The molecule has 1 aliphatic carbocycles. The summed E-state index contributed by atoms with van der Waals surface area (Å²) in [5, 5.41) is 0. The van der Waals surface area contributed by atoms with E-state index in [1.807, 2.05) is 4.90 Å². The summed E-state index contributed by atoms with van der Waals surface area (Å²) >= 11 is 0. The molecule has 2 aromatic carbocycles. The lowest BCUT2D eigenvalue weighted by molar-refractivity contribution is -0.141. The van der Waals surface area contributed by atoms with Gasteiger partial charge in [-0.05, 0) is 61.2 Å². The molecule has 1 spiro atoms. The number of carbonyl (C=O) groups is 2. The Labute approximate surface area is 186 Å².